The summed E-state index contributed by atoms with van der Waals surface area (Å²) in [5, 5.41) is 3.51. The molecule has 0 bridgehead atoms. The Balaban J connectivity index is 1.39. The van der Waals surface area contributed by atoms with Gasteiger partial charge in [-0.25, -0.2) is 4.79 Å². The third-order valence-electron chi connectivity index (χ3n) is 5.35. The van der Waals surface area contributed by atoms with Crippen LogP contribution in [-0.2, 0) is 17.7 Å². The molecular weight excluding hydrogens is 356 g/mol. The number of ether oxygens (including phenoxy) is 1. The summed E-state index contributed by atoms with van der Waals surface area (Å²) >= 11 is 1.98. The molecule has 27 heavy (non-hydrogen) atoms. The highest BCUT2D eigenvalue weighted by Crippen LogP contribution is 2.28. The fraction of sp³-hybridized carbons (Fsp3) is 0.682. The maximum absolute atomic E-state index is 12.2. The van der Waals surface area contributed by atoms with E-state index in [9.17, 15) is 4.79 Å². The van der Waals surface area contributed by atoms with E-state index in [0.717, 1.165) is 50.7 Å². The molecule has 0 atom stereocenters. The fourth-order valence-electron chi connectivity index (χ4n) is 3.80. The summed E-state index contributed by atoms with van der Waals surface area (Å²) in [6, 6.07) is 6.99. The number of benzene rings is 1. The van der Waals surface area contributed by atoms with Gasteiger partial charge < -0.3 is 15.0 Å². The zero-order valence-electron chi connectivity index (χ0n) is 17.1. The van der Waals surface area contributed by atoms with E-state index in [0.29, 0.717) is 0 Å². The maximum atomic E-state index is 12.2. The molecule has 0 saturated carbocycles. The summed E-state index contributed by atoms with van der Waals surface area (Å²) in [6.45, 7) is 9.56. The zero-order valence-corrected chi connectivity index (χ0v) is 17.9. The SMILES string of the molecule is CC(C)(C)OC(=O)N1CCC(CCSc2ccc3c(c2)CNCCC3)CC1. The molecule has 2 aliphatic rings. The van der Waals surface area contributed by atoms with E-state index in [2.05, 4.69) is 23.5 Å². The van der Waals surface area contributed by atoms with Crippen molar-refractivity contribution in [2.24, 2.45) is 5.92 Å². The van der Waals surface area contributed by atoms with Crippen molar-refractivity contribution in [3.05, 3.63) is 29.3 Å². The highest BCUT2D eigenvalue weighted by Gasteiger charge is 2.26. The Morgan fingerprint density at radius 2 is 2.04 bits per heavy atom. The van der Waals surface area contributed by atoms with Crippen molar-refractivity contribution in [3.8, 4) is 0 Å². The van der Waals surface area contributed by atoms with Gasteiger partial charge in [-0.15, -0.1) is 11.8 Å². The van der Waals surface area contributed by atoms with Gasteiger partial charge in [0.2, 0.25) is 0 Å². The molecule has 0 unspecified atom stereocenters. The van der Waals surface area contributed by atoms with Gasteiger partial charge in [0.05, 0.1) is 0 Å². The van der Waals surface area contributed by atoms with Crippen LogP contribution in [0.5, 0.6) is 0 Å². The topological polar surface area (TPSA) is 41.6 Å². The van der Waals surface area contributed by atoms with Crippen LogP contribution in [0.3, 0.4) is 0 Å². The van der Waals surface area contributed by atoms with Crippen molar-refractivity contribution >= 4 is 17.9 Å². The molecule has 4 nitrogen and oxygen atoms in total. The molecule has 2 heterocycles. The first kappa shape index (κ1) is 20.5. The van der Waals surface area contributed by atoms with Gasteiger partial charge >= 0.3 is 6.09 Å². The second kappa shape index (κ2) is 9.33. The van der Waals surface area contributed by atoms with Gasteiger partial charge in [0.1, 0.15) is 5.60 Å². The number of aryl methyl sites for hydroxylation is 1. The van der Waals surface area contributed by atoms with Crippen LogP contribution in [-0.4, -0.2) is 42.0 Å². The van der Waals surface area contributed by atoms with Crippen LogP contribution in [0.2, 0.25) is 0 Å². The summed E-state index contributed by atoms with van der Waals surface area (Å²) in [6.07, 6.45) is 5.68. The second-order valence-electron chi connectivity index (χ2n) is 8.76. The number of nitrogens with one attached hydrogen (secondary N) is 1. The van der Waals surface area contributed by atoms with Crippen LogP contribution in [0.4, 0.5) is 4.79 Å². The minimum atomic E-state index is -0.409. The van der Waals surface area contributed by atoms with Crippen LogP contribution in [0.25, 0.3) is 0 Å². The minimum Gasteiger partial charge on any atom is -0.444 e. The molecule has 150 valence electrons. The lowest BCUT2D eigenvalue weighted by Crippen LogP contribution is -2.41. The van der Waals surface area contributed by atoms with Crippen LogP contribution in [0.15, 0.2) is 23.1 Å². The van der Waals surface area contributed by atoms with E-state index in [-0.39, 0.29) is 6.09 Å². The lowest BCUT2D eigenvalue weighted by Gasteiger charge is -2.33. The average Bonchev–Trinajstić information content (AvgIpc) is 2.86. The molecule has 5 heteroatoms. The summed E-state index contributed by atoms with van der Waals surface area (Å²) in [5.74, 6) is 1.88. The first-order valence-corrected chi connectivity index (χ1v) is 11.3. The normalized spacial score (nSPS) is 18.7. The zero-order chi connectivity index (χ0) is 19.3. The fourth-order valence-corrected chi connectivity index (χ4v) is 4.88. The maximum Gasteiger partial charge on any atom is 0.410 e. The molecule has 1 aromatic carbocycles. The van der Waals surface area contributed by atoms with E-state index < -0.39 is 5.60 Å². The van der Waals surface area contributed by atoms with Gasteiger partial charge in [-0.05, 0) is 94.4 Å². The van der Waals surface area contributed by atoms with Gasteiger partial charge in [-0.2, -0.15) is 0 Å². The van der Waals surface area contributed by atoms with Crippen molar-refractivity contribution in [1.82, 2.24) is 10.2 Å². The largest absolute Gasteiger partial charge is 0.444 e. The predicted octanol–water partition coefficient (Wildman–Crippen LogP) is 4.85. The lowest BCUT2D eigenvalue weighted by atomic mass is 9.95. The Kier molecular flexibility index (Phi) is 7.10. The molecule has 0 spiro atoms. The molecule has 0 aliphatic carbocycles. The summed E-state index contributed by atoms with van der Waals surface area (Å²) in [4.78, 5) is 15.4. The number of carbonyl (C=O) groups excluding carboxylic acids is 1. The molecule has 1 fully saturated rings. The van der Waals surface area contributed by atoms with Gasteiger partial charge in [0, 0.05) is 24.5 Å². The van der Waals surface area contributed by atoms with Crippen LogP contribution < -0.4 is 5.32 Å². The van der Waals surface area contributed by atoms with Gasteiger partial charge in [-0.1, -0.05) is 6.07 Å². The Bertz CT molecular complexity index is 634. The predicted molar refractivity (Wildman–Crippen MR) is 112 cm³/mol. The van der Waals surface area contributed by atoms with Crippen LogP contribution >= 0.6 is 11.8 Å². The minimum absolute atomic E-state index is 0.158. The summed E-state index contributed by atoms with van der Waals surface area (Å²) in [5.41, 5.74) is 2.58. The number of fused-ring (bicyclic) bond motifs is 1. The molecular formula is C22H34N2O2S. The summed E-state index contributed by atoms with van der Waals surface area (Å²) < 4.78 is 5.48. The number of hydrogen-bond acceptors (Lipinski definition) is 4. The number of thioether (sulfide) groups is 1. The van der Waals surface area contributed by atoms with E-state index >= 15 is 0 Å². The van der Waals surface area contributed by atoms with Crippen molar-refractivity contribution in [2.45, 2.75) is 69.9 Å². The van der Waals surface area contributed by atoms with E-state index in [1.165, 1.54) is 35.3 Å². The number of amides is 1. The molecule has 1 aromatic rings. The van der Waals surface area contributed by atoms with Crippen molar-refractivity contribution in [2.75, 3.05) is 25.4 Å². The number of carbonyl (C=O) groups is 1. The molecule has 0 radical (unpaired) electrons. The van der Waals surface area contributed by atoms with Crippen LogP contribution in [0.1, 0.15) is 57.6 Å². The Morgan fingerprint density at radius 3 is 2.78 bits per heavy atom. The lowest BCUT2D eigenvalue weighted by molar-refractivity contribution is 0.0183. The molecule has 0 aromatic heterocycles. The van der Waals surface area contributed by atoms with Crippen LogP contribution in [0, 0.1) is 5.92 Å². The number of likely N-dealkylation sites (tertiary alicyclic amines) is 1. The Morgan fingerprint density at radius 1 is 1.26 bits per heavy atom. The van der Waals surface area contributed by atoms with E-state index in [1.807, 2.05) is 37.4 Å². The first-order chi connectivity index (χ1) is 12.9. The Hall–Kier alpha value is -1.20. The smallest absolute Gasteiger partial charge is 0.410 e. The monoisotopic (exact) mass is 390 g/mol. The third kappa shape index (κ3) is 6.42. The number of nitrogens with zero attached hydrogens (tertiary/aromatic N) is 1. The van der Waals surface area contributed by atoms with E-state index in [4.69, 9.17) is 4.74 Å². The number of piperidine rings is 1. The Labute approximate surface area is 168 Å². The highest BCUT2D eigenvalue weighted by molar-refractivity contribution is 7.99. The first-order valence-electron chi connectivity index (χ1n) is 10.3. The summed E-state index contributed by atoms with van der Waals surface area (Å²) in [7, 11) is 0. The third-order valence-corrected chi connectivity index (χ3v) is 6.38. The molecule has 1 saturated heterocycles. The standard InChI is InChI=1S/C22H34N2O2S/c1-22(2,3)26-21(25)24-12-8-17(9-13-24)10-14-27-20-7-6-18-5-4-11-23-16-19(18)15-20/h6-7,15,17,23H,4-5,8-14,16H2,1-3H3. The van der Waals surface area contributed by atoms with E-state index in [1.54, 1.807) is 0 Å². The molecule has 3 rings (SSSR count). The number of rotatable bonds is 4. The molecule has 1 N–H and O–H groups in total. The molecule has 2 aliphatic heterocycles. The quantitative estimate of drug-likeness (QED) is 0.746. The van der Waals surface area contributed by atoms with Crippen molar-refractivity contribution in [3.63, 3.8) is 0 Å². The highest BCUT2D eigenvalue weighted by atomic mass is 32.2. The van der Waals surface area contributed by atoms with Crippen molar-refractivity contribution < 1.29 is 9.53 Å². The van der Waals surface area contributed by atoms with Gasteiger partial charge in [0.25, 0.3) is 0 Å². The average molecular weight is 391 g/mol. The van der Waals surface area contributed by atoms with Gasteiger partial charge in [-0.3, -0.25) is 0 Å². The van der Waals surface area contributed by atoms with Crippen molar-refractivity contribution in [1.29, 1.82) is 0 Å². The second-order valence-corrected chi connectivity index (χ2v) is 9.93. The molecule has 1 amide bonds. The number of hydrogen-bond donors (Lipinski definition) is 1. The van der Waals surface area contributed by atoms with Gasteiger partial charge in [0.15, 0.2) is 0 Å².